The Balaban J connectivity index is 2.92. The summed E-state index contributed by atoms with van der Waals surface area (Å²) in [5, 5.41) is 11.7. The molecule has 0 fully saturated rings. The number of aromatic nitrogens is 1. The topological polar surface area (TPSA) is 62.2 Å². The molecule has 1 aromatic heterocycles. The van der Waals surface area contributed by atoms with Crippen molar-refractivity contribution < 1.29 is 9.90 Å². The van der Waals surface area contributed by atoms with Crippen molar-refractivity contribution >= 4 is 23.6 Å². The second kappa shape index (κ2) is 5.48. The molecule has 0 bridgehead atoms. The molecule has 0 amide bonds. The Morgan fingerprint density at radius 1 is 1.73 bits per heavy atom. The van der Waals surface area contributed by atoms with Gasteiger partial charge in [0.15, 0.2) is 0 Å². The number of nitrogens with one attached hydrogen (secondary N) is 1. The molecule has 0 atom stereocenters. The first-order valence-corrected chi connectivity index (χ1v) is 4.73. The number of carbonyl (C=O) groups is 1. The summed E-state index contributed by atoms with van der Waals surface area (Å²) in [4.78, 5) is 14.5. The summed E-state index contributed by atoms with van der Waals surface area (Å²) in [5.41, 5.74) is 0.732. The zero-order chi connectivity index (χ0) is 11.3. The highest BCUT2D eigenvalue weighted by Gasteiger charge is 2.09. The van der Waals surface area contributed by atoms with Crippen LogP contribution in [0, 0.1) is 0 Å². The first-order chi connectivity index (χ1) is 7.15. The van der Waals surface area contributed by atoms with E-state index < -0.39 is 5.97 Å². The molecule has 80 valence electrons. The Morgan fingerprint density at radius 2 is 2.47 bits per heavy atom. The van der Waals surface area contributed by atoms with E-state index in [4.69, 9.17) is 16.7 Å². The van der Waals surface area contributed by atoms with E-state index in [2.05, 4.69) is 10.3 Å². The molecule has 4 nitrogen and oxygen atoms in total. The van der Waals surface area contributed by atoms with E-state index in [-0.39, 0.29) is 10.7 Å². The predicted octanol–water partition coefficient (Wildman–Crippen LogP) is 1.67. The minimum Gasteiger partial charge on any atom is -0.478 e. The summed E-state index contributed by atoms with van der Waals surface area (Å²) in [6.07, 6.45) is 5.18. The van der Waals surface area contributed by atoms with Crippen molar-refractivity contribution in [1.82, 2.24) is 10.3 Å². The maximum Gasteiger partial charge on any atom is 0.338 e. The van der Waals surface area contributed by atoms with E-state index in [9.17, 15) is 4.79 Å². The third-order valence-corrected chi connectivity index (χ3v) is 2.02. The standard InChI is InChI=1S/C10H11ClN2O2/c1-12-4-2-3-7-5-8(10(14)15)9(11)13-6-7/h2-3,5-6,12H,4H2,1H3,(H,14,15). The Labute approximate surface area is 92.6 Å². The van der Waals surface area contributed by atoms with Crippen LogP contribution in [0.15, 0.2) is 18.3 Å². The van der Waals surface area contributed by atoms with Crippen LogP contribution in [-0.2, 0) is 0 Å². The first-order valence-electron chi connectivity index (χ1n) is 4.35. The van der Waals surface area contributed by atoms with Crippen LogP contribution >= 0.6 is 11.6 Å². The van der Waals surface area contributed by atoms with Gasteiger partial charge in [-0.2, -0.15) is 0 Å². The van der Waals surface area contributed by atoms with Crippen LogP contribution in [0.5, 0.6) is 0 Å². The quantitative estimate of drug-likeness (QED) is 0.767. The monoisotopic (exact) mass is 226 g/mol. The number of nitrogens with zero attached hydrogens (tertiary/aromatic N) is 1. The molecular formula is C10H11ClN2O2. The lowest BCUT2D eigenvalue weighted by Gasteiger charge is -1.99. The lowest BCUT2D eigenvalue weighted by atomic mass is 10.2. The van der Waals surface area contributed by atoms with Crippen molar-refractivity contribution in [1.29, 1.82) is 0 Å². The molecule has 1 heterocycles. The Bertz CT molecular complexity index is 391. The van der Waals surface area contributed by atoms with E-state index in [0.29, 0.717) is 12.1 Å². The summed E-state index contributed by atoms with van der Waals surface area (Å²) in [6.45, 7) is 0.713. The van der Waals surface area contributed by atoms with Crippen molar-refractivity contribution in [3.8, 4) is 0 Å². The minimum atomic E-state index is -1.07. The molecule has 0 aliphatic carbocycles. The molecule has 2 N–H and O–H groups in total. The maximum atomic E-state index is 10.7. The van der Waals surface area contributed by atoms with Crippen molar-refractivity contribution in [3.63, 3.8) is 0 Å². The molecule has 1 aromatic rings. The van der Waals surface area contributed by atoms with Gasteiger partial charge in [-0.05, 0) is 18.7 Å². The van der Waals surface area contributed by atoms with Gasteiger partial charge in [0.2, 0.25) is 0 Å². The fourth-order valence-electron chi connectivity index (χ4n) is 1.02. The second-order valence-electron chi connectivity index (χ2n) is 2.87. The Kier molecular flexibility index (Phi) is 4.27. The summed E-state index contributed by atoms with van der Waals surface area (Å²) in [5.74, 6) is -1.07. The van der Waals surface area contributed by atoms with Crippen LogP contribution in [0.4, 0.5) is 0 Å². The summed E-state index contributed by atoms with van der Waals surface area (Å²) < 4.78 is 0. The highest BCUT2D eigenvalue weighted by atomic mass is 35.5. The number of carboxylic acids is 1. The number of aromatic carboxylic acids is 1. The lowest BCUT2D eigenvalue weighted by molar-refractivity contribution is 0.0696. The van der Waals surface area contributed by atoms with E-state index in [1.807, 2.05) is 13.1 Å². The van der Waals surface area contributed by atoms with E-state index in [0.717, 1.165) is 0 Å². The fraction of sp³-hybridized carbons (Fsp3) is 0.200. The van der Waals surface area contributed by atoms with Gasteiger partial charge in [0.25, 0.3) is 0 Å². The highest BCUT2D eigenvalue weighted by molar-refractivity contribution is 6.32. The fourth-order valence-corrected chi connectivity index (χ4v) is 1.20. The van der Waals surface area contributed by atoms with Crippen LogP contribution in [0.1, 0.15) is 15.9 Å². The van der Waals surface area contributed by atoms with Gasteiger partial charge in [0.1, 0.15) is 5.15 Å². The number of hydrogen-bond acceptors (Lipinski definition) is 3. The number of pyridine rings is 1. The van der Waals surface area contributed by atoms with Gasteiger partial charge in [-0.3, -0.25) is 0 Å². The third kappa shape index (κ3) is 3.34. The molecule has 0 spiro atoms. The summed E-state index contributed by atoms with van der Waals surface area (Å²) in [6, 6.07) is 1.49. The number of likely N-dealkylation sites (N-methyl/N-ethyl adjacent to an activating group) is 1. The first kappa shape index (κ1) is 11.7. The third-order valence-electron chi connectivity index (χ3n) is 1.72. The van der Waals surface area contributed by atoms with Crippen LogP contribution < -0.4 is 5.32 Å². The van der Waals surface area contributed by atoms with E-state index in [1.165, 1.54) is 12.3 Å². The molecule has 5 heteroatoms. The normalized spacial score (nSPS) is 10.8. The van der Waals surface area contributed by atoms with Gasteiger partial charge in [0, 0.05) is 12.7 Å². The molecule has 0 radical (unpaired) electrons. The van der Waals surface area contributed by atoms with Gasteiger partial charge < -0.3 is 10.4 Å². The van der Waals surface area contributed by atoms with E-state index >= 15 is 0 Å². The van der Waals surface area contributed by atoms with Crippen LogP contribution in [0.2, 0.25) is 5.15 Å². The minimum absolute atomic E-state index is 0.00765. The smallest absolute Gasteiger partial charge is 0.338 e. The van der Waals surface area contributed by atoms with Crippen molar-refractivity contribution in [2.75, 3.05) is 13.6 Å². The Morgan fingerprint density at radius 3 is 3.07 bits per heavy atom. The second-order valence-corrected chi connectivity index (χ2v) is 3.23. The van der Waals surface area contributed by atoms with Crippen molar-refractivity contribution in [2.45, 2.75) is 0 Å². The molecule has 0 aromatic carbocycles. The maximum absolute atomic E-state index is 10.7. The zero-order valence-corrected chi connectivity index (χ0v) is 8.95. The van der Waals surface area contributed by atoms with Crippen molar-refractivity contribution in [3.05, 3.63) is 34.6 Å². The van der Waals surface area contributed by atoms with Gasteiger partial charge in [-0.1, -0.05) is 23.8 Å². The molecule has 0 saturated carbocycles. The van der Waals surface area contributed by atoms with Crippen LogP contribution in [0.25, 0.3) is 6.08 Å². The van der Waals surface area contributed by atoms with E-state index in [1.54, 1.807) is 6.08 Å². The summed E-state index contributed by atoms with van der Waals surface area (Å²) >= 11 is 5.62. The average Bonchev–Trinajstić information content (AvgIpc) is 2.20. The Hall–Kier alpha value is -1.39. The van der Waals surface area contributed by atoms with Crippen molar-refractivity contribution in [2.24, 2.45) is 0 Å². The average molecular weight is 227 g/mol. The predicted molar refractivity (Wildman–Crippen MR) is 59.2 cm³/mol. The number of carboxylic acid groups (broad SMARTS) is 1. The lowest BCUT2D eigenvalue weighted by Crippen LogP contribution is -2.04. The largest absolute Gasteiger partial charge is 0.478 e. The van der Waals surface area contributed by atoms with Gasteiger partial charge in [-0.25, -0.2) is 9.78 Å². The van der Waals surface area contributed by atoms with Gasteiger partial charge in [0.05, 0.1) is 5.56 Å². The number of hydrogen-bond donors (Lipinski definition) is 2. The summed E-state index contributed by atoms with van der Waals surface area (Å²) in [7, 11) is 1.83. The molecule has 15 heavy (non-hydrogen) atoms. The van der Waals surface area contributed by atoms with Gasteiger partial charge >= 0.3 is 5.97 Å². The van der Waals surface area contributed by atoms with Crippen LogP contribution in [0.3, 0.4) is 0 Å². The SMILES string of the molecule is CNCC=Cc1cnc(Cl)c(C(=O)O)c1. The molecular weight excluding hydrogens is 216 g/mol. The molecule has 1 rings (SSSR count). The molecule has 0 unspecified atom stereocenters. The van der Waals surface area contributed by atoms with Gasteiger partial charge in [-0.15, -0.1) is 0 Å². The zero-order valence-electron chi connectivity index (χ0n) is 8.20. The number of rotatable bonds is 4. The number of halogens is 1. The molecule has 0 aliphatic rings. The van der Waals surface area contributed by atoms with Crippen LogP contribution in [-0.4, -0.2) is 29.7 Å². The molecule has 0 saturated heterocycles. The molecule has 0 aliphatic heterocycles. The highest BCUT2D eigenvalue weighted by Crippen LogP contribution is 2.14.